The van der Waals surface area contributed by atoms with Crippen LogP contribution < -0.4 is 15.4 Å². The van der Waals surface area contributed by atoms with E-state index >= 15 is 0 Å². The highest BCUT2D eigenvalue weighted by atomic mass is 16.5. The Morgan fingerprint density at radius 3 is 2.90 bits per heavy atom. The first-order chi connectivity index (χ1) is 10.1. The molecule has 1 amide bonds. The lowest BCUT2D eigenvalue weighted by Gasteiger charge is -2.32. The van der Waals surface area contributed by atoms with Gasteiger partial charge >= 0.3 is 0 Å². The van der Waals surface area contributed by atoms with Gasteiger partial charge in [-0.25, -0.2) is 0 Å². The lowest BCUT2D eigenvalue weighted by atomic mass is 10.0. The van der Waals surface area contributed by atoms with Crippen molar-refractivity contribution in [1.82, 2.24) is 10.2 Å². The standard InChI is InChI=1S/C16H23N3O2/c1-11(17-13-5-7-19(2)8-6-13)12-3-4-15-14(9-12)18-16(20)10-21-15/h3-4,9,11,13,17H,5-8,10H2,1-2H3,(H,18,20). The van der Waals surface area contributed by atoms with Gasteiger partial charge in [-0.1, -0.05) is 6.07 Å². The lowest BCUT2D eigenvalue weighted by Crippen LogP contribution is -2.41. The van der Waals surface area contributed by atoms with Crippen molar-refractivity contribution in [1.29, 1.82) is 0 Å². The molecule has 0 spiro atoms. The Labute approximate surface area is 125 Å². The van der Waals surface area contributed by atoms with E-state index in [4.69, 9.17) is 4.74 Å². The van der Waals surface area contributed by atoms with Crippen molar-refractivity contribution >= 4 is 11.6 Å². The zero-order valence-electron chi connectivity index (χ0n) is 12.7. The van der Waals surface area contributed by atoms with E-state index in [1.807, 2.05) is 12.1 Å². The zero-order valence-corrected chi connectivity index (χ0v) is 12.7. The summed E-state index contributed by atoms with van der Waals surface area (Å²) in [5.41, 5.74) is 1.96. The number of ether oxygens (including phenoxy) is 1. The van der Waals surface area contributed by atoms with Gasteiger partial charge in [-0.3, -0.25) is 4.79 Å². The molecular weight excluding hydrogens is 266 g/mol. The summed E-state index contributed by atoms with van der Waals surface area (Å²) in [4.78, 5) is 13.8. The molecular formula is C16H23N3O2. The Hall–Kier alpha value is -1.59. The fourth-order valence-corrected chi connectivity index (χ4v) is 3.00. The fraction of sp³-hybridized carbons (Fsp3) is 0.562. The fourth-order valence-electron chi connectivity index (χ4n) is 3.00. The number of benzene rings is 1. The second-order valence-electron chi connectivity index (χ2n) is 6.06. The summed E-state index contributed by atoms with van der Waals surface area (Å²) >= 11 is 0. The van der Waals surface area contributed by atoms with E-state index in [1.165, 1.54) is 18.4 Å². The molecule has 1 fully saturated rings. The molecule has 1 aromatic rings. The Bertz CT molecular complexity index is 524. The topological polar surface area (TPSA) is 53.6 Å². The van der Waals surface area contributed by atoms with Crippen LogP contribution in [-0.4, -0.2) is 43.6 Å². The molecule has 5 nitrogen and oxygen atoms in total. The molecule has 1 aromatic carbocycles. The molecule has 0 bridgehead atoms. The molecule has 21 heavy (non-hydrogen) atoms. The number of likely N-dealkylation sites (tertiary alicyclic amines) is 1. The number of nitrogens with zero attached hydrogens (tertiary/aromatic N) is 1. The van der Waals surface area contributed by atoms with Crippen LogP contribution in [0.15, 0.2) is 18.2 Å². The summed E-state index contributed by atoms with van der Waals surface area (Å²) in [7, 11) is 2.17. The second-order valence-corrected chi connectivity index (χ2v) is 6.06. The number of piperidine rings is 1. The van der Waals surface area contributed by atoms with Crippen LogP contribution in [0.2, 0.25) is 0 Å². The highest BCUT2D eigenvalue weighted by molar-refractivity contribution is 5.95. The highest BCUT2D eigenvalue weighted by Crippen LogP contribution is 2.30. The molecule has 1 saturated heterocycles. The van der Waals surface area contributed by atoms with Crippen molar-refractivity contribution in [2.45, 2.75) is 31.8 Å². The van der Waals surface area contributed by atoms with Crippen LogP contribution in [0.5, 0.6) is 5.75 Å². The first kappa shape index (κ1) is 14.4. The maximum atomic E-state index is 11.4. The highest BCUT2D eigenvalue weighted by Gasteiger charge is 2.21. The monoisotopic (exact) mass is 289 g/mol. The first-order valence-corrected chi connectivity index (χ1v) is 7.63. The number of amides is 1. The molecule has 3 rings (SSSR count). The summed E-state index contributed by atoms with van der Waals surface area (Å²) in [5, 5.41) is 6.56. The van der Waals surface area contributed by atoms with Gasteiger partial charge < -0.3 is 20.3 Å². The van der Waals surface area contributed by atoms with Gasteiger partial charge in [-0.15, -0.1) is 0 Å². The minimum atomic E-state index is -0.0874. The van der Waals surface area contributed by atoms with Crippen molar-refractivity contribution < 1.29 is 9.53 Å². The van der Waals surface area contributed by atoms with Gasteiger partial charge in [-0.2, -0.15) is 0 Å². The van der Waals surface area contributed by atoms with Crippen molar-refractivity contribution in [3.8, 4) is 5.75 Å². The normalized spacial score (nSPS) is 21.3. The minimum absolute atomic E-state index is 0.0874. The van der Waals surface area contributed by atoms with E-state index in [9.17, 15) is 4.79 Å². The van der Waals surface area contributed by atoms with Crippen molar-refractivity contribution in [3.05, 3.63) is 23.8 Å². The van der Waals surface area contributed by atoms with E-state index in [0.29, 0.717) is 6.04 Å². The predicted molar refractivity (Wildman–Crippen MR) is 82.6 cm³/mol. The molecule has 2 heterocycles. The van der Waals surface area contributed by atoms with Crippen LogP contribution in [0, 0.1) is 0 Å². The average Bonchev–Trinajstić information content (AvgIpc) is 2.48. The quantitative estimate of drug-likeness (QED) is 0.890. The summed E-state index contributed by atoms with van der Waals surface area (Å²) in [6, 6.07) is 6.86. The Morgan fingerprint density at radius 2 is 2.14 bits per heavy atom. The number of hydrogen-bond acceptors (Lipinski definition) is 4. The van der Waals surface area contributed by atoms with E-state index < -0.39 is 0 Å². The SMILES string of the molecule is CC(NC1CCN(C)CC1)c1ccc2c(c1)NC(=O)CO2. The molecule has 0 aromatic heterocycles. The van der Waals surface area contributed by atoms with E-state index in [1.54, 1.807) is 0 Å². The van der Waals surface area contributed by atoms with Gasteiger partial charge in [0, 0.05) is 12.1 Å². The number of hydrogen-bond donors (Lipinski definition) is 2. The summed E-state index contributed by atoms with van der Waals surface area (Å²) in [5.74, 6) is 0.667. The summed E-state index contributed by atoms with van der Waals surface area (Å²) in [6.45, 7) is 4.58. The summed E-state index contributed by atoms with van der Waals surface area (Å²) in [6.07, 6.45) is 2.37. The molecule has 5 heteroatoms. The molecule has 1 unspecified atom stereocenters. The van der Waals surface area contributed by atoms with Crippen LogP contribution >= 0.6 is 0 Å². The van der Waals surface area contributed by atoms with Crippen LogP contribution in [0.4, 0.5) is 5.69 Å². The Kier molecular flexibility index (Phi) is 4.12. The van der Waals surface area contributed by atoms with Gasteiger partial charge in [0.1, 0.15) is 5.75 Å². The number of carbonyl (C=O) groups excluding carboxylic acids is 1. The maximum Gasteiger partial charge on any atom is 0.262 e. The van der Waals surface area contributed by atoms with Gasteiger partial charge in [0.25, 0.3) is 5.91 Å². The number of carbonyl (C=O) groups is 1. The molecule has 2 aliphatic rings. The van der Waals surface area contributed by atoms with Gasteiger partial charge in [-0.05, 0) is 57.6 Å². The van der Waals surface area contributed by atoms with Crippen LogP contribution in [0.1, 0.15) is 31.4 Å². The Morgan fingerprint density at radius 1 is 1.38 bits per heavy atom. The number of anilines is 1. The molecule has 0 aliphatic carbocycles. The van der Waals surface area contributed by atoms with Crippen LogP contribution in [-0.2, 0) is 4.79 Å². The van der Waals surface area contributed by atoms with Crippen LogP contribution in [0.3, 0.4) is 0 Å². The van der Waals surface area contributed by atoms with E-state index in [0.717, 1.165) is 24.5 Å². The molecule has 114 valence electrons. The number of nitrogens with one attached hydrogen (secondary N) is 2. The summed E-state index contributed by atoms with van der Waals surface area (Å²) < 4.78 is 5.39. The van der Waals surface area contributed by atoms with E-state index in [2.05, 4.69) is 35.6 Å². The zero-order chi connectivity index (χ0) is 14.8. The van der Waals surface area contributed by atoms with Gasteiger partial charge in [0.15, 0.2) is 6.61 Å². The largest absolute Gasteiger partial charge is 0.482 e. The van der Waals surface area contributed by atoms with Gasteiger partial charge in [0.2, 0.25) is 0 Å². The van der Waals surface area contributed by atoms with Crippen LogP contribution in [0.25, 0.3) is 0 Å². The maximum absolute atomic E-state index is 11.4. The third-order valence-corrected chi connectivity index (χ3v) is 4.34. The predicted octanol–water partition coefficient (Wildman–Crippen LogP) is 1.76. The molecule has 0 saturated carbocycles. The first-order valence-electron chi connectivity index (χ1n) is 7.63. The molecule has 1 atom stereocenters. The second kappa shape index (κ2) is 6.03. The number of rotatable bonds is 3. The van der Waals surface area contributed by atoms with Crippen molar-refractivity contribution in [3.63, 3.8) is 0 Å². The third-order valence-electron chi connectivity index (χ3n) is 4.34. The molecule has 0 radical (unpaired) electrons. The van der Waals surface area contributed by atoms with Crippen molar-refractivity contribution in [2.75, 3.05) is 32.1 Å². The number of fused-ring (bicyclic) bond motifs is 1. The average molecular weight is 289 g/mol. The third kappa shape index (κ3) is 3.36. The van der Waals surface area contributed by atoms with Gasteiger partial charge in [0.05, 0.1) is 5.69 Å². The molecule has 2 N–H and O–H groups in total. The van der Waals surface area contributed by atoms with Crippen molar-refractivity contribution in [2.24, 2.45) is 0 Å². The minimum Gasteiger partial charge on any atom is -0.482 e. The smallest absolute Gasteiger partial charge is 0.262 e. The molecule has 2 aliphatic heterocycles. The Balaban J connectivity index is 1.66. The van der Waals surface area contributed by atoms with E-state index in [-0.39, 0.29) is 18.6 Å². The lowest BCUT2D eigenvalue weighted by molar-refractivity contribution is -0.118.